The third kappa shape index (κ3) is 3.72. The normalized spacial score (nSPS) is 27.3. The van der Waals surface area contributed by atoms with E-state index in [0.29, 0.717) is 55.1 Å². The van der Waals surface area contributed by atoms with Crippen molar-refractivity contribution in [3.05, 3.63) is 11.7 Å². The van der Waals surface area contributed by atoms with Crippen LogP contribution in [0.15, 0.2) is 4.52 Å². The van der Waals surface area contributed by atoms with Crippen LogP contribution in [0.5, 0.6) is 0 Å². The Morgan fingerprint density at radius 3 is 2.88 bits per heavy atom. The van der Waals surface area contributed by atoms with Crippen molar-refractivity contribution in [1.29, 1.82) is 0 Å². The molecule has 0 unspecified atom stereocenters. The zero-order chi connectivity index (χ0) is 17.2. The first-order valence-corrected chi connectivity index (χ1v) is 9.56. The highest BCUT2D eigenvalue weighted by Gasteiger charge is 2.39. The monoisotopic (exact) mass is 348 g/mol. The number of carbonyl (C=O) groups is 1. The van der Waals surface area contributed by atoms with E-state index < -0.39 is 0 Å². The van der Waals surface area contributed by atoms with Crippen molar-refractivity contribution in [2.45, 2.75) is 51.1 Å². The van der Waals surface area contributed by atoms with E-state index in [-0.39, 0.29) is 0 Å². The molecule has 3 saturated heterocycles. The van der Waals surface area contributed by atoms with E-state index in [2.05, 4.69) is 19.9 Å². The van der Waals surface area contributed by atoms with E-state index in [0.717, 1.165) is 38.9 Å². The highest BCUT2D eigenvalue weighted by molar-refractivity contribution is 5.79. The molecule has 1 saturated carbocycles. The molecular weight excluding hydrogens is 320 g/mol. The maximum Gasteiger partial charge on any atom is 0.240 e. The summed E-state index contributed by atoms with van der Waals surface area (Å²) < 4.78 is 10.5. The molecule has 138 valence electrons. The lowest BCUT2D eigenvalue weighted by Gasteiger charge is -2.35. The molecule has 7 heteroatoms. The number of rotatable bonds is 6. The standard InChI is InChI=1S/C18H28N4O3/c1-24-8-7-16-19-17(25-20-16)12-21-9-13-5-6-15(21)11-22(10-13)18(23)14-3-2-4-14/h13-15H,2-12H2,1H3/t13-,15-/m1/s1. The fourth-order valence-electron chi connectivity index (χ4n) is 4.29. The molecular formula is C18H28N4O3. The van der Waals surface area contributed by atoms with Crippen LogP contribution in [0.2, 0.25) is 0 Å². The van der Waals surface area contributed by atoms with Gasteiger partial charge in [-0.05, 0) is 31.6 Å². The lowest BCUT2D eigenvalue weighted by Crippen LogP contribution is -2.45. The van der Waals surface area contributed by atoms with Gasteiger partial charge in [-0.25, -0.2) is 0 Å². The zero-order valence-electron chi connectivity index (χ0n) is 15.0. The number of hydrogen-bond donors (Lipinski definition) is 0. The Hall–Kier alpha value is -1.47. The first-order valence-electron chi connectivity index (χ1n) is 9.56. The maximum atomic E-state index is 12.7. The first-order chi connectivity index (χ1) is 12.2. The summed E-state index contributed by atoms with van der Waals surface area (Å²) in [4.78, 5) is 21.7. The van der Waals surface area contributed by atoms with Crippen molar-refractivity contribution in [3.8, 4) is 0 Å². The second kappa shape index (κ2) is 7.41. The van der Waals surface area contributed by atoms with Crippen molar-refractivity contribution in [2.24, 2.45) is 11.8 Å². The van der Waals surface area contributed by atoms with Gasteiger partial charge in [0, 0.05) is 45.1 Å². The minimum absolute atomic E-state index is 0.297. The Balaban J connectivity index is 1.38. The molecule has 0 aromatic carbocycles. The van der Waals surface area contributed by atoms with Crippen LogP contribution in [-0.2, 0) is 22.5 Å². The molecule has 0 radical (unpaired) electrons. The van der Waals surface area contributed by atoms with Gasteiger partial charge in [0.25, 0.3) is 0 Å². The summed E-state index contributed by atoms with van der Waals surface area (Å²) in [7, 11) is 1.67. The average Bonchev–Trinajstić information content (AvgIpc) is 2.80. The van der Waals surface area contributed by atoms with Gasteiger partial charge in [0.05, 0.1) is 13.2 Å². The summed E-state index contributed by atoms with van der Waals surface area (Å²) in [6.45, 7) is 4.09. The molecule has 5 rings (SSSR count). The molecule has 4 heterocycles. The highest BCUT2D eigenvalue weighted by atomic mass is 16.5. The minimum Gasteiger partial charge on any atom is -0.384 e. The SMILES string of the molecule is COCCc1noc(CN2C[C@H]3CC[C@@H]2CN(C(=O)C2CCC2)C3)n1. The van der Waals surface area contributed by atoms with Crippen LogP contribution in [0.4, 0.5) is 0 Å². The van der Waals surface area contributed by atoms with E-state index in [1.54, 1.807) is 7.11 Å². The molecule has 1 aromatic rings. The number of nitrogens with zero attached hydrogens (tertiary/aromatic N) is 4. The predicted octanol–water partition coefficient (Wildman–Crippen LogP) is 1.48. The van der Waals surface area contributed by atoms with Crippen molar-refractivity contribution in [3.63, 3.8) is 0 Å². The lowest BCUT2D eigenvalue weighted by molar-refractivity contribution is -0.138. The van der Waals surface area contributed by atoms with Gasteiger partial charge >= 0.3 is 0 Å². The molecule has 4 aliphatic rings. The fourth-order valence-corrected chi connectivity index (χ4v) is 4.29. The number of fused-ring (bicyclic) bond motifs is 4. The van der Waals surface area contributed by atoms with Gasteiger partial charge in [0.15, 0.2) is 5.82 Å². The number of carbonyl (C=O) groups excluding carboxylic acids is 1. The van der Waals surface area contributed by atoms with E-state index in [9.17, 15) is 4.79 Å². The minimum atomic E-state index is 0.297. The van der Waals surface area contributed by atoms with E-state index >= 15 is 0 Å². The highest BCUT2D eigenvalue weighted by Crippen LogP contribution is 2.33. The average molecular weight is 348 g/mol. The summed E-state index contributed by atoms with van der Waals surface area (Å²) in [5.41, 5.74) is 0. The first kappa shape index (κ1) is 17.0. The topological polar surface area (TPSA) is 71.7 Å². The van der Waals surface area contributed by atoms with Crippen LogP contribution < -0.4 is 0 Å². The van der Waals surface area contributed by atoms with Crippen LogP contribution in [-0.4, -0.2) is 65.2 Å². The molecule has 0 spiro atoms. The third-order valence-corrected chi connectivity index (χ3v) is 5.97. The van der Waals surface area contributed by atoms with Crippen molar-refractivity contribution in [2.75, 3.05) is 33.4 Å². The Labute approximate surface area is 148 Å². The summed E-state index contributed by atoms with van der Waals surface area (Å²) in [6, 6.07) is 0.414. The van der Waals surface area contributed by atoms with Gasteiger partial charge in [-0.3, -0.25) is 9.69 Å². The van der Waals surface area contributed by atoms with Crippen molar-refractivity contribution < 1.29 is 14.1 Å². The number of ether oxygens (including phenoxy) is 1. The van der Waals surface area contributed by atoms with Gasteiger partial charge in [-0.15, -0.1) is 0 Å². The van der Waals surface area contributed by atoms with E-state index in [4.69, 9.17) is 9.26 Å². The van der Waals surface area contributed by atoms with Crippen LogP contribution in [0, 0.1) is 11.8 Å². The Morgan fingerprint density at radius 2 is 2.12 bits per heavy atom. The molecule has 25 heavy (non-hydrogen) atoms. The van der Waals surface area contributed by atoms with E-state index in [1.807, 2.05) is 0 Å². The summed E-state index contributed by atoms with van der Waals surface area (Å²) in [6.07, 6.45) is 6.44. The fraction of sp³-hybridized carbons (Fsp3) is 0.833. The lowest BCUT2D eigenvalue weighted by atomic mass is 9.84. The quantitative estimate of drug-likeness (QED) is 0.775. The maximum absolute atomic E-state index is 12.7. The van der Waals surface area contributed by atoms with Crippen molar-refractivity contribution >= 4 is 5.91 Å². The summed E-state index contributed by atoms with van der Waals surface area (Å²) in [5, 5.41) is 4.03. The Morgan fingerprint density at radius 1 is 1.24 bits per heavy atom. The number of methoxy groups -OCH3 is 1. The number of amides is 1. The van der Waals surface area contributed by atoms with Gasteiger partial charge in [-0.1, -0.05) is 11.6 Å². The molecule has 7 nitrogen and oxygen atoms in total. The largest absolute Gasteiger partial charge is 0.384 e. The molecule has 2 bridgehead atoms. The van der Waals surface area contributed by atoms with E-state index in [1.165, 1.54) is 12.8 Å². The molecule has 3 aliphatic heterocycles. The van der Waals surface area contributed by atoms with Crippen molar-refractivity contribution in [1.82, 2.24) is 19.9 Å². The molecule has 1 amide bonds. The smallest absolute Gasteiger partial charge is 0.240 e. The van der Waals surface area contributed by atoms with Gasteiger partial charge < -0.3 is 14.2 Å². The van der Waals surface area contributed by atoms with Crippen LogP contribution in [0.1, 0.15) is 43.8 Å². The van der Waals surface area contributed by atoms with Gasteiger partial charge in [0.2, 0.25) is 11.8 Å². The Kier molecular flexibility index (Phi) is 5.03. The number of aromatic nitrogens is 2. The second-order valence-corrected chi connectivity index (χ2v) is 7.74. The zero-order valence-corrected chi connectivity index (χ0v) is 15.0. The third-order valence-electron chi connectivity index (χ3n) is 5.97. The second-order valence-electron chi connectivity index (χ2n) is 7.74. The Bertz CT molecular complexity index is 601. The van der Waals surface area contributed by atoms with Crippen LogP contribution in [0.25, 0.3) is 0 Å². The summed E-state index contributed by atoms with van der Waals surface area (Å²) >= 11 is 0. The molecule has 4 fully saturated rings. The van der Waals surface area contributed by atoms with Gasteiger partial charge in [-0.2, -0.15) is 4.98 Å². The number of piperidine rings is 1. The number of hydrogen-bond acceptors (Lipinski definition) is 6. The molecule has 0 N–H and O–H groups in total. The van der Waals surface area contributed by atoms with Crippen LogP contribution in [0.3, 0.4) is 0 Å². The predicted molar refractivity (Wildman–Crippen MR) is 90.7 cm³/mol. The molecule has 1 aliphatic carbocycles. The summed E-state index contributed by atoms with van der Waals surface area (Å²) in [5.74, 6) is 2.64. The van der Waals surface area contributed by atoms with Gasteiger partial charge in [0.1, 0.15) is 0 Å². The van der Waals surface area contributed by atoms with Crippen LogP contribution >= 0.6 is 0 Å². The molecule has 1 aromatic heterocycles. The molecule has 2 atom stereocenters.